The molecule has 1 aliphatic heterocycles. The molecule has 110 valence electrons. The number of fused-ring (bicyclic) bond motifs is 1. The van der Waals surface area contributed by atoms with Gasteiger partial charge in [-0.05, 0) is 29.3 Å². The van der Waals surface area contributed by atoms with Gasteiger partial charge in [-0.1, -0.05) is 12.1 Å². The molecule has 2 aromatic rings. The Balaban J connectivity index is 2.08. The van der Waals surface area contributed by atoms with Gasteiger partial charge in [0.1, 0.15) is 6.54 Å². The Morgan fingerprint density at radius 1 is 1.10 bits per heavy atom. The van der Waals surface area contributed by atoms with Gasteiger partial charge in [0.2, 0.25) is 0 Å². The van der Waals surface area contributed by atoms with Crippen LogP contribution in [0, 0.1) is 0 Å². The third kappa shape index (κ3) is 2.25. The number of hydrogen-bond acceptors (Lipinski definition) is 4. The van der Waals surface area contributed by atoms with Crippen LogP contribution in [0.4, 0.5) is 0 Å². The summed E-state index contributed by atoms with van der Waals surface area (Å²) in [6.07, 6.45) is 0. The van der Waals surface area contributed by atoms with Crippen molar-refractivity contribution in [2.45, 2.75) is 12.5 Å². The summed E-state index contributed by atoms with van der Waals surface area (Å²) >= 11 is 0. The molecule has 1 aliphatic rings. The number of nitrogens with two attached hydrogens (primary N) is 1. The molecule has 3 rings (SSSR count). The van der Waals surface area contributed by atoms with Gasteiger partial charge in [-0.15, -0.1) is 0 Å². The minimum Gasteiger partial charge on any atom is -0.504 e. The average molecular weight is 288 g/mol. The van der Waals surface area contributed by atoms with Crippen molar-refractivity contribution in [3.63, 3.8) is 0 Å². The van der Waals surface area contributed by atoms with Gasteiger partial charge in [0.25, 0.3) is 0 Å². The molecular formula is C16H18NO4+. The molecule has 0 aliphatic carbocycles. The van der Waals surface area contributed by atoms with Crippen LogP contribution in [-0.2, 0) is 6.54 Å². The van der Waals surface area contributed by atoms with Crippen molar-refractivity contribution in [2.75, 3.05) is 13.7 Å². The van der Waals surface area contributed by atoms with Crippen molar-refractivity contribution < 1.29 is 25.4 Å². The highest BCUT2D eigenvalue weighted by Crippen LogP contribution is 2.39. The Hall–Kier alpha value is -2.40. The highest BCUT2D eigenvalue weighted by Gasteiger charge is 2.28. The van der Waals surface area contributed by atoms with Gasteiger partial charge in [-0.3, -0.25) is 0 Å². The Kier molecular flexibility index (Phi) is 3.35. The number of phenolic OH excluding ortho intramolecular Hbond substituents is 3. The first-order valence-electron chi connectivity index (χ1n) is 6.84. The van der Waals surface area contributed by atoms with E-state index >= 15 is 0 Å². The van der Waals surface area contributed by atoms with Crippen LogP contribution in [0.15, 0.2) is 30.3 Å². The van der Waals surface area contributed by atoms with Crippen LogP contribution in [0.25, 0.3) is 0 Å². The maximum Gasteiger partial charge on any atom is 0.166 e. The van der Waals surface area contributed by atoms with Gasteiger partial charge in [0, 0.05) is 0 Å². The molecule has 5 heteroatoms. The smallest absolute Gasteiger partial charge is 0.166 e. The van der Waals surface area contributed by atoms with E-state index in [9.17, 15) is 15.3 Å². The Morgan fingerprint density at radius 3 is 2.62 bits per heavy atom. The quantitative estimate of drug-likeness (QED) is 0.622. The lowest BCUT2D eigenvalue weighted by Crippen LogP contribution is -2.85. The predicted octanol–water partition coefficient (Wildman–Crippen LogP) is 1.02. The first kappa shape index (κ1) is 13.6. The minimum absolute atomic E-state index is 0.0528. The molecule has 0 spiro atoms. The maximum absolute atomic E-state index is 10.3. The standard InChI is InChI=1S/C16H17NO4/c1-21-15-5-3-10-11(7-17-8-12(10)16(15)20)9-2-4-13(18)14(19)6-9/h2-6,11,17-20H,7-8H2,1H3/p+1/t11-/m0/s1. The normalized spacial score (nSPS) is 17.3. The number of benzene rings is 2. The first-order chi connectivity index (χ1) is 10.1. The molecule has 0 radical (unpaired) electrons. The zero-order valence-corrected chi connectivity index (χ0v) is 11.7. The van der Waals surface area contributed by atoms with Crippen molar-refractivity contribution in [3.05, 3.63) is 47.0 Å². The third-order valence-corrected chi connectivity index (χ3v) is 4.03. The number of phenols is 3. The van der Waals surface area contributed by atoms with Crippen LogP contribution in [0.2, 0.25) is 0 Å². The molecule has 0 bridgehead atoms. The predicted molar refractivity (Wildman–Crippen MR) is 76.8 cm³/mol. The Bertz CT molecular complexity index is 684. The Labute approximate surface area is 122 Å². The Morgan fingerprint density at radius 2 is 1.90 bits per heavy atom. The van der Waals surface area contributed by atoms with Gasteiger partial charge in [-0.25, -0.2) is 0 Å². The summed E-state index contributed by atoms with van der Waals surface area (Å²) in [7, 11) is 1.53. The number of aromatic hydroxyl groups is 3. The summed E-state index contributed by atoms with van der Waals surface area (Å²) in [5, 5.41) is 31.5. The second-order valence-electron chi connectivity index (χ2n) is 5.21. The monoisotopic (exact) mass is 288 g/mol. The maximum atomic E-state index is 10.3. The molecule has 2 aromatic carbocycles. The molecule has 5 nitrogen and oxygen atoms in total. The van der Waals surface area contributed by atoms with Crippen LogP contribution in [-0.4, -0.2) is 29.0 Å². The van der Waals surface area contributed by atoms with Crippen LogP contribution in [0.5, 0.6) is 23.0 Å². The van der Waals surface area contributed by atoms with Crippen molar-refractivity contribution in [1.82, 2.24) is 0 Å². The van der Waals surface area contributed by atoms with Crippen LogP contribution < -0.4 is 10.1 Å². The van der Waals surface area contributed by atoms with E-state index in [0.717, 1.165) is 23.2 Å². The molecule has 0 saturated heterocycles. The summed E-state index contributed by atoms with van der Waals surface area (Å²) in [4.78, 5) is 0. The van der Waals surface area contributed by atoms with E-state index in [0.29, 0.717) is 12.3 Å². The fourth-order valence-electron chi connectivity index (χ4n) is 2.93. The van der Waals surface area contributed by atoms with Gasteiger partial charge in [0.15, 0.2) is 23.0 Å². The van der Waals surface area contributed by atoms with Crippen molar-refractivity contribution in [2.24, 2.45) is 0 Å². The van der Waals surface area contributed by atoms with E-state index in [4.69, 9.17) is 4.74 Å². The average Bonchev–Trinajstić information content (AvgIpc) is 2.50. The zero-order chi connectivity index (χ0) is 15.0. The lowest BCUT2D eigenvalue weighted by molar-refractivity contribution is -0.675. The van der Waals surface area contributed by atoms with Gasteiger partial charge in [0.05, 0.1) is 25.1 Å². The molecule has 1 atom stereocenters. The molecule has 0 saturated carbocycles. The van der Waals surface area contributed by atoms with E-state index in [2.05, 4.69) is 5.32 Å². The first-order valence-corrected chi connectivity index (χ1v) is 6.84. The molecule has 21 heavy (non-hydrogen) atoms. The lowest BCUT2D eigenvalue weighted by Gasteiger charge is -2.25. The molecule has 0 aromatic heterocycles. The van der Waals surface area contributed by atoms with E-state index in [1.807, 2.05) is 6.07 Å². The van der Waals surface area contributed by atoms with Gasteiger partial charge < -0.3 is 25.4 Å². The number of ether oxygens (including phenoxy) is 1. The summed E-state index contributed by atoms with van der Waals surface area (Å²) in [6, 6.07) is 8.57. The second-order valence-corrected chi connectivity index (χ2v) is 5.21. The number of quaternary nitrogens is 1. The number of methoxy groups -OCH3 is 1. The van der Waals surface area contributed by atoms with E-state index < -0.39 is 0 Å². The number of hydrogen-bond donors (Lipinski definition) is 4. The molecular weight excluding hydrogens is 270 g/mol. The van der Waals surface area contributed by atoms with Crippen molar-refractivity contribution >= 4 is 0 Å². The zero-order valence-electron chi connectivity index (χ0n) is 11.7. The molecule has 1 heterocycles. The largest absolute Gasteiger partial charge is 0.504 e. The second kappa shape index (κ2) is 5.18. The molecule has 0 fully saturated rings. The molecule has 5 N–H and O–H groups in total. The van der Waals surface area contributed by atoms with Crippen molar-refractivity contribution in [1.29, 1.82) is 0 Å². The van der Waals surface area contributed by atoms with E-state index in [1.54, 1.807) is 18.2 Å². The summed E-state index contributed by atoms with van der Waals surface area (Å²) in [6.45, 7) is 1.52. The topological polar surface area (TPSA) is 86.5 Å². The third-order valence-electron chi connectivity index (χ3n) is 4.03. The van der Waals surface area contributed by atoms with Crippen LogP contribution >= 0.6 is 0 Å². The van der Waals surface area contributed by atoms with Crippen LogP contribution in [0.1, 0.15) is 22.6 Å². The number of rotatable bonds is 2. The van der Waals surface area contributed by atoms with E-state index in [-0.39, 0.29) is 23.2 Å². The fraction of sp³-hybridized carbons (Fsp3) is 0.250. The highest BCUT2D eigenvalue weighted by molar-refractivity contribution is 5.54. The summed E-state index contributed by atoms with van der Waals surface area (Å²) < 4.78 is 5.15. The van der Waals surface area contributed by atoms with Gasteiger partial charge >= 0.3 is 0 Å². The lowest BCUT2D eigenvalue weighted by atomic mass is 9.85. The SMILES string of the molecule is COc1ccc2c(c1O)C[NH2+]C[C@H]2c1ccc(O)c(O)c1. The summed E-state index contributed by atoms with van der Waals surface area (Å²) in [5.74, 6) is 0.445. The van der Waals surface area contributed by atoms with Crippen molar-refractivity contribution in [3.8, 4) is 23.0 Å². The summed E-state index contributed by atoms with van der Waals surface area (Å²) in [5.41, 5.74) is 2.80. The fourth-order valence-corrected chi connectivity index (χ4v) is 2.93. The molecule has 0 amide bonds. The van der Waals surface area contributed by atoms with Gasteiger partial charge in [-0.2, -0.15) is 0 Å². The van der Waals surface area contributed by atoms with Crippen LogP contribution in [0.3, 0.4) is 0 Å². The van der Waals surface area contributed by atoms with E-state index in [1.165, 1.54) is 13.2 Å². The molecule has 0 unspecified atom stereocenters. The minimum atomic E-state index is -0.128. The highest BCUT2D eigenvalue weighted by atomic mass is 16.5.